The van der Waals surface area contributed by atoms with E-state index >= 15 is 0 Å². The fraction of sp³-hybridized carbons (Fsp3) is 0. The van der Waals surface area contributed by atoms with Crippen molar-refractivity contribution in [2.75, 3.05) is 0 Å². The molecule has 0 aromatic rings. The molecule has 2 N–H and O–H groups in total. The van der Waals surface area contributed by atoms with Crippen molar-refractivity contribution >= 4 is 43.3 Å². The molecule has 4 nitrogen and oxygen atoms in total. The number of allylic oxidation sites excluding steroid dienone is 4. The Morgan fingerprint density at radius 1 is 0.857 bits per heavy atom. The van der Waals surface area contributed by atoms with Gasteiger partial charge in [0, 0.05) is 0 Å². The fourth-order valence-corrected chi connectivity index (χ4v) is 1.87. The van der Waals surface area contributed by atoms with E-state index in [1.165, 1.54) is 0 Å². The number of halogens is 2. The highest BCUT2D eigenvalue weighted by Gasteiger charge is 2.27. The third-order valence-electron chi connectivity index (χ3n) is 1.60. The first-order chi connectivity index (χ1) is 6.54. The molecular weight excluding hydrogens is 312 g/mol. The predicted octanol–water partition coefficient (Wildman–Crippen LogP) is 2.38. The second-order valence-electron chi connectivity index (χ2n) is 2.35. The minimum absolute atomic E-state index is 0.0564. The van der Waals surface area contributed by atoms with Gasteiger partial charge >= 0.3 is 0 Å². The summed E-state index contributed by atoms with van der Waals surface area (Å²) < 4.78 is 0.370. The van der Waals surface area contributed by atoms with Crippen LogP contribution in [0.4, 0.5) is 0 Å². The van der Waals surface area contributed by atoms with Crippen molar-refractivity contribution in [1.29, 1.82) is 21.3 Å². The lowest BCUT2D eigenvalue weighted by Crippen LogP contribution is -2.17. The van der Waals surface area contributed by atoms with Crippen molar-refractivity contribution in [3.8, 4) is 12.1 Å². The average molecular weight is 314 g/mol. The van der Waals surface area contributed by atoms with Gasteiger partial charge in [-0.05, 0) is 31.9 Å². The SMILES string of the molecule is N#CC1=C(Br)C(=N)C(C#N)=C(Br)C1=N. The van der Waals surface area contributed by atoms with Gasteiger partial charge in [0.1, 0.15) is 12.1 Å². The maximum absolute atomic E-state index is 8.72. The Hall–Kier alpha value is -1.24. The normalized spacial score (nSPS) is 16.9. The van der Waals surface area contributed by atoms with Crippen LogP contribution in [0.15, 0.2) is 20.1 Å². The molecule has 0 unspecified atom stereocenters. The van der Waals surface area contributed by atoms with Gasteiger partial charge in [0.15, 0.2) is 0 Å². The molecule has 0 aliphatic heterocycles. The van der Waals surface area contributed by atoms with Crippen molar-refractivity contribution in [2.45, 2.75) is 0 Å². The maximum atomic E-state index is 8.72. The zero-order chi connectivity index (χ0) is 10.9. The Balaban J connectivity index is 3.47. The van der Waals surface area contributed by atoms with Gasteiger partial charge in [0.05, 0.1) is 31.5 Å². The molecule has 0 fully saturated rings. The highest BCUT2D eigenvalue weighted by atomic mass is 79.9. The van der Waals surface area contributed by atoms with Gasteiger partial charge in [-0.2, -0.15) is 10.5 Å². The third kappa shape index (κ3) is 1.43. The second kappa shape index (κ2) is 3.87. The minimum atomic E-state index is -0.0769. The van der Waals surface area contributed by atoms with Crippen LogP contribution >= 0.6 is 31.9 Å². The first-order valence-corrected chi connectivity index (χ1v) is 4.91. The lowest BCUT2D eigenvalue weighted by atomic mass is 9.97. The highest BCUT2D eigenvalue weighted by molar-refractivity contribution is 9.12. The van der Waals surface area contributed by atoms with Gasteiger partial charge in [-0.3, -0.25) is 10.8 Å². The van der Waals surface area contributed by atoms with Gasteiger partial charge < -0.3 is 0 Å². The lowest BCUT2D eigenvalue weighted by Gasteiger charge is -2.13. The summed E-state index contributed by atoms with van der Waals surface area (Å²) in [5, 5.41) is 32.5. The quantitative estimate of drug-likeness (QED) is 0.672. The zero-order valence-electron chi connectivity index (χ0n) is 6.65. The molecule has 0 atom stereocenters. The standard InChI is InChI=1S/C8H2Br2N4/c9-5-3(1-11)7(13)6(10)4(2-12)8(5)14/h13-14H. The van der Waals surface area contributed by atoms with Crippen molar-refractivity contribution < 1.29 is 0 Å². The highest BCUT2D eigenvalue weighted by Crippen LogP contribution is 2.30. The van der Waals surface area contributed by atoms with Crippen LogP contribution in [0.25, 0.3) is 0 Å². The lowest BCUT2D eigenvalue weighted by molar-refractivity contribution is 1.41. The predicted molar refractivity (Wildman–Crippen MR) is 58.6 cm³/mol. The number of nitrogens with zero attached hydrogens (tertiary/aromatic N) is 2. The van der Waals surface area contributed by atoms with Crippen LogP contribution in [-0.2, 0) is 0 Å². The molecule has 1 aliphatic carbocycles. The number of nitrogens with one attached hydrogen (secondary N) is 2. The zero-order valence-corrected chi connectivity index (χ0v) is 9.82. The van der Waals surface area contributed by atoms with Crippen LogP contribution in [0.5, 0.6) is 0 Å². The number of rotatable bonds is 0. The molecule has 68 valence electrons. The van der Waals surface area contributed by atoms with Crippen molar-refractivity contribution in [3.05, 3.63) is 20.1 Å². The first-order valence-electron chi connectivity index (χ1n) is 3.33. The van der Waals surface area contributed by atoms with Crippen molar-refractivity contribution in [2.24, 2.45) is 0 Å². The largest absolute Gasteiger partial charge is 0.298 e. The molecule has 0 aromatic carbocycles. The van der Waals surface area contributed by atoms with E-state index in [1.54, 1.807) is 12.1 Å². The van der Waals surface area contributed by atoms with Gasteiger partial charge in [-0.1, -0.05) is 0 Å². The summed E-state index contributed by atoms with van der Waals surface area (Å²) in [6.07, 6.45) is 0. The summed E-state index contributed by atoms with van der Waals surface area (Å²) in [5.74, 6) is 0. The average Bonchev–Trinajstić information content (AvgIpc) is 2.17. The molecule has 0 radical (unpaired) electrons. The van der Waals surface area contributed by atoms with E-state index in [-0.39, 0.29) is 31.5 Å². The number of hydrogen-bond donors (Lipinski definition) is 2. The molecule has 0 saturated heterocycles. The summed E-state index contributed by atoms with van der Waals surface area (Å²) in [4.78, 5) is 0. The van der Waals surface area contributed by atoms with Crippen molar-refractivity contribution in [1.82, 2.24) is 0 Å². The first kappa shape index (κ1) is 10.8. The molecule has 6 heteroatoms. The fourth-order valence-electron chi connectivity index (χ4n) is 0.899. The topological polar surface area (TPSA) is 95.3 Å². The van der Waals surface area contributed by atoms with Crippen LogP contribution in [0.1, 0.15) is 0 Å². The Bertz CT molecular complexity index is 438. The van der Waals surface area contributed by atoms with Crippen LogP contribution in [0.2, 0.25) is 0 Å². The molecule has 1 aliphatic rings. The molecule has 14 heavy (non-hydrogen) atoms. The molecule has 0 heterocycles. The smallest absolute Gasteiger partial charge is 0.103 e. The van der Waals surface area contributed by atoms with Gasteiger partial charge in [-0.15, -0.1) is 0 Å². The van der Waals surface area contributed by atoms with Gasteiger partial charge in [-0.25, -0.2) is 0 Å². The molecule has 1 rings (SSSR count). The Kier molecular flexibility index (Phi) is 3.00. The van der Waals surface area contributed by atoms with Crippen LogP contribution in [-0.4, -0.2) is 11.4 Å². The van der Waals surface area contributed by atoms with E-state index < -0.39 is 0 Å². The molecule has 0 spiro atoms. The Morgan fingerprint density at radius 3 is 1.36 bits per heavy atom. The van der Waals surface area contributed by atoms with E-state index in [0.29, 0.717) is 0 Å². The molecule has 0 bridgehead atoms. The summed E-state index contributed by atoms with van der Waals surface area (Å²) in [7, 11) is 0. The Labute approximate surface area is 96.8 Å². The van der Waals surface area contributed by atoms with Crippen LogP contribution in [0, 0.1) is 33.5 Å². The third-order valence-corrected chi connectivity index (χ3v) is 3.19. The van der Waals surface area contributed by atoms with E-state index in [2.05, 4.69) is 31.9 Å². The maximum Gasteiger partial charge on any atom is 0.103 e. The van der Waals surface area contributed by atoms with Crippen LogP contribution < -0.4 is 0 Å². The van der Waals surface area contributed by atoms with E-state index in [4.69, 9.17) is 21.3 Å². The summed E-state index contributed by atoms with van der Waals surface area (Å²) in [6, 6.07) is 3.61. The number of nitriles is 2. The Morgan fingerprint density at radius 2 is 1.14 bits per heavy atom. The van der Waals surface area contributed by atoms with Crippen molar-refractivity contribution in [3.63, 3.8) is 0 Å². The van der Waals surface area contributed by atoms with E-state index in [0.717, 1.165) is 0 Å². The second-order valence-corrected chi connectivity index (χ2v) is 3.94. The molecule has 0 saturated carbocycles. The summed E-state index contributed by atoms with van der Waals surface area (Å²) in [5.41, 5.74) is -0.0411. The molecular formula is C8H2Br2N4. The van der Waals surface area contributed by atoms with Gasteiger partial charge in [0.2, 0.25) is 0 Å². The van der Waals surface area contributed by atoms with Crippen LogP contribution in [0.3, 0.4) is 0 Å². The summed E-state index contributed by atoms with van der Waals surface area (Å²) in [6.45, 7) is 0. The minimum Gasteiger partial charge on any atom is -0.298 e. The molecule has 0 amide bonds. The van der Waals surface area contributed by atoms with Gasteiger partial charge in [0.25, 0.3) is 0 Å². The summed E-state index contributed by atoms with van der Waals surface area (Å²) >= 11 is 6.03. The molecule has 0 aromatic heterocycles. The monoisotopic (exact) mass is 312 g/mol. The van der Waals surface area contributed by atoms with E-state index in [1.807, 2.05) is 0 Å². The van der Waals surface area contributed by atoms with E-state index in [9.17, 15) is 0 Å². The number of hydrogen-bond acceptors (Lipinski definition) is 4.